The quantitative estimate of drug-likeness (QED) is 0.756. The maximum atomic E-state index is 13.0. The van der Waals surface area contributed by atoms with Gasteiger partial charge in [-0.25, -0.2) is 17.6 Å². The molecule has 0 fully saturated rings. The van der Waals surface area contributed by atoms with Crippen LogP contribution in [0.2, 0.25) is 0 Å². The second kappa shape index (κ2) is 4.41. The lowest BCUT2D eigenvalue weighted by Crippen LogP contribution is -2.21. The number of halogens is 4. The zero-order valence-electron chi connectivity index (χ0n) is 7.18. The maximum absolute atomic E-state index is 13.0. The first kappa shape index (κ1) is 11.0. The van der Waals surface area contributed by atoms with Gasteiger partial charge in [-0.05, 0) is 18.2 Å². The van der Waals surface area contributed by atoms with Gasteiger partial charge in [0.1, 0.15) is 11.6 Å². The highest BCUT2D eigenvalue weighted by Crippen LogP contribution is 2.25. The number of hydrogen-bond acceptors (Lipinski definition) is 1. The van der Waals surface area contributed by atoms with Crippen molar-refractivity contribution >= 4 is 0 Å². The molecule has 2 N–H and O–H groups in total. The fourth-order valence-electron chi connectivity index (χ4n) is 1.16. The zero-order valence-corrected chi connectivity index (χ0v) is 7.18. The number of hydrogen-bond donors (Lipinski definition) is 1. The van der Waals surface area contributed by atoms with Gasteiger partial charge >= 0.3 is 0 Å². The van der Waals surface area contributed by atoms with Crippen LogP contribution in [0.3, 0.4) is 0 Å². The van der Waals surface area contributed by atoms with Crippen LogP contribution in [-0.4, -0.2) is 13.0 Å². The average molecular weight is 207 g/mol. The van der Waals surface area contributed by atoms with Crippen LogP contribution in [0.4, 0.5) is 17.6 Å². The number of benzene rings is 1. The molecule has 0 aliphatic carbocycles. The van der Waals surface area contributed by atoms with E-state index in [1.54, 1.807) is 0 Å². The SMILES string of the molecule is NCC(c1cc(F)ccc1F)C(F)F. The summed E-state index contributed by atoms with van der Waals surface area (Å²) < 4.78 is 50.3. The van der Waals surface area contributed by atoms with Crippen molar-refractivity contribution in [3.8, 4) is 0 Å². The zero-order chi connectivity index (χ0) is 10.7. The van der Waals surface area contributed by atoms with Gasteiger partial charge in [-0.1, -0.05) is 0 Å². The molecule has 0 radical (unpaired) electrons. The molecule has 0 saturated carbocycles. The normalized spacial score (nSPS) is 13.3. The van der Waals surface area contributed by atoms with E-state index in [0.717, 1.165) is 18.2 Å². The number of nitrogens with two attached hydrogens (primary N) is 1. The maximum Gasteiger partial charge on any atom is 0.246 e. The summed E-state index contributed by atoms with van der Waals surface area (Å²) in [5.74, 6) is -3.06. The first-order chi connectivity index (χ1) is 6.56. The van der Waals surface area contributed by atoms with Crippen LogP contribution in [-0.2, 0) is 0 Å². The Morgan fingerprint density at radius 3 is 2.36 bits per heavy atom. The third-order valence-corrected chi connectivity index (χ3v) is 1.92. The molecule has 1 unspecified atom stereocenters. The Kier molecular flexibility index (Phi) is 3.46. The Bertz CT molecular complexity index is 314. The summed E-state index contributed by atoms with van der Waals surface area (Å²) in [5, 5.41) is 0. The molecule has 0 saturated heterocycles. The van der Waals surface area contributed by atoms with Crippen LogP contribution in [0, 0.1) is 11.6 Å². The minimum atomic E-state index is -2.80. The molecule has 0 aliphatic heterocycles. The molecule has 1 atom stereocenters. The van der Waals surface area contributed by atoms with Crippen LogP contribution in [0.5, 0.6) is 0 Å². The van der Waals surface area contributed by atoms with Gasteiger partial charge in [0.25, 0.3) is 0 Å². The van der Waals surface area contributed by atoms with Gasteiger partial charge in [-0.3, -0.25) is 0 Å². The monoisotopic (exact) mass is 207 g/mol. The highest BCUT2D eigenvalue weighted by Gasteiger charge is 2.24. The lowest BCUT2D eigenvalue weighted by molar-refractivity contribution is 0.115. The Hall–Kier alpha value is -1.10. The molecule has 1 nitrogen and oxygen atoms in total. The predicted molar refractivity (Wildman–Crippen MR) is 44.2 cm³/mol. The Balaban J connectivity index is 3.08. The summed E-state index contributed by atoms with van der Waals surface area (Å²) in [4.78, 5) is 0. The fourth-order valence-corrected chi connectivity index (χ4v) is 1.16. The van der Waals surface area contributed by atoms with Crippen molar-refractivity contribution in [1.82, 2.24) is 0 Å². The fraction of sp³-hybridized carbons (Fsp3) is 0.333. The van der Waals surface area contributed by atoms with Crippen molar-refractivity contribution in [2.75, 3.05) is 6.54 Å². The summed E-state index contributed by atoms with van der Waals surface area (Å²) in [6.45, 7) is -0.419. The first-order valence-corrected chi connectivity index (χ1v) is 3.99. The molecule has 0 aromatic heterocycles. The molecule has 0 heterocycles. The van der Waals surface area contributed by atoms with E-state index < -0.39 is 30.5 Å². The van der Waals surface area contributed by atoms with Gasteiger partial charge in [0.2, 0.25) is 6.43 Å². The molecule has 1 aromatic carbocycles. The van der Waals surface area contributed by atoms with E-state index in [-0.39, 0.29) is 5.56 Å². The van der Waals surface area contributed by atoms with Gasteiger partial charge in [0, 0.05) is 12.1 Å². The first-order valence-electron chi connectivity index (χ1n) is 3.99. The average Bonchev–Trinajstić information content (AvgIpc) is 2.11. The summed E-state index contributed by atoms with van der Waals surface area (Å²) >= 11 is 0. The number of rotatable bonds is 3. The van der Waals surface area contributed by atoms with Crippen LogP contribution in [0.15, 0.2) is 18.2 Å². The Morgan fingerprint density at radius 1 is 1.21 bits per heavy atom. The molecule has 1 rings (SSSR count). The Labute approximate surface area is 78.5 Å². The molecule has 14 heavy (non-hydrogen) atoms. The van der Waals surface area contributed by atoms with E-state index in [1.807, 2.05) is 0 Å². The molecular weight excluding hydrogens is 198 g/mol. The summed E-state index contributed by atoms with van der Waals surface area (Å²) in [6.07, 6.45) is -2.80. The molecule has 0 aliphatic rings. The highest BCUT2D eigenvalue weighted by atomic mass is 19.3. The van der Waals surface area contributed by atoms with Crippen molar-refractivity contribution in [1.29, 1.82) is 0 Å². The lowest BCUT2D eigenvalue weighted by Gasteiger charge is -2.14. The van der Waals surface area contributed by atoms with E-state index >= 15 is 0 Å². The summed E-state index contributed by atoms with van der Waals surface area (Å²) in [7, 11) is 0. The van der Waals surface area contributed by atoms with Crippen molar-refractivity contribution in [2.45, 2.75) is 12.3 Å². The van der Waals surface area contributed by atoms with Gasteiger partial charge in [0.05, 0.1) is 5.92 Å². The van der Waals surface area contributed by atoms with Crippen molar-refractivity contribution in [3.63, 3.8) is 0 Å². The number of alkyl halides is 2. The molecule has 0 spiro atoms. The van der Waals surface area contributed by atoms with Crippen LogP contribution < -0.4 is 5.73 Å². The lowest BCUT2D eigenvalue weighted by atomic mass is 9.99. The second-order valence-electron chi connectivity index (χ2n) is 2.84. The smallest absolute Gasteiger partial charge is 0.246 e. The molecule has 78 valence electrons. The van der Waals surface area contributed by atoms with Crippen LogP contribution in [0.25, 0.3) is 0 Å². The van der Waals surface area contributed by atoms with Crippen LogP contribution in [0.1, 0.15) is 11.5 Å². The predicted octanol–water partition coefficient (Wildman–Crippen LogP) is 2.27. The topological polar surface area (TPSA) is 26.0 Å². The Morgan fingerprint density at radius 2 is 1.86 bits per heavy atom. The minimum Gasteiger partial charge on any atom is -0.330 e. The van der Waals surface area contributed by atoms with Crippen molar-refractivity contribution in [3.05, 3.63) is 35.4 Å². The molecule has 0 bridgehead atoms. The van der Waals surface area contributed by atoms with Crippen molar-refractivity contribution in [2.24, 2.45) is 5.73 Å². The minimum absolute atomic E-state index is 0.373. The van der Waals surface area contributed by atoms with Crippen LogP contribution >= 0.6 is 0 Å². The largest absolute Gasteiger partial charge is 0.330 e. The molecule has 5 heteroatoms. The van der Waals surface area contributed by atoms with E-state index in [9.17, 15) is 17.6 Å². The highest BCUT2D eigenvalue weighted by molar-refractivity contribution is 5.23. The third-order valence-electron chi connectivity index (χ3n) is 1.92. The molecular formula is C9H9F4N. The summed E-state index contributed by atoms with van der Waals surface area (Å²) in [6, 6.07) is 2.44. The van der Waals surface area contributed by atoms with E-state index in [1.165, 1.54) is 0 Å². The second-order valence-corrected chi connectivity index (χ2v) is 2.84. The van der Waals surface area contributed by atoms with Gasteiger partial charge in [-0.15, -0.1) is 0 Å². The van der Waals surface area contributed by atoms with Gasteiger partial charge < -0.3 is 5.73 Å². The van der Waals surface area contributed by atoms with Gasteiger partial charge in [0.15, 0.2) is 0 Å². The van der Waals surface area contributed by atoms with Crippen molar-refractivity contribution < 1.29 is 17.6 Å². The van der Waals surface area contributed by atoms with E-state index in [2.05, 4.69) is 0 Å². The molecule has 0 amide bonds. The summed E-state index contributed by atoms with van der Waals surface area (Å²) in [5.41, 5.74) is 4.68. The van der Waals surface area contributed by atoms with Gasteiger partial charge in [-0.2, -0.15) is 0 Å². The standard InChI is InChI=1S/C9H9F4N/c10-5-1-2-8(11)6(3-5)7(4-14)9(12)13/h1-3,7,9H,4,14H2. The van der Waals surface area contributed by atoms with E-state index in [0.29, 0.717) is 0 Å². The van der Waals surface area contributed by atoms with E-state index in [4.69, 9.17) is 5.73 Å². The third kappa shape index (κ3) is 2.23. The molecule has 1 aromatic rings.